The number of halogens is 2. The summed E-state index contributed by atoms with van der Waals surface area (Å²) in [5, 5.41) is 17.6. The van der Waals surface area contributed by atoms with Crippen LogP contribution in [0, 0.1) is 0 Å². The van der Waals surface area contributed by atoms with E-state index in [4.69, 9.17) is 16.3 Å². The van der Waals surface area contributed by atoms with Crippen molar-refractivity contribution in [2.75, 3.05) is 0 Å². The number of aromatic amines is 1. The van der Waals surface area contributed by atoms with Gasteiger partial charge in [0.2, 0.25) is 5.16 Å². The van der Waals surface area contributed by atoms with Crippen molar-refractivity contribution >= 4 is 51.3 Å². The summed E-state index contributed by atoms with van der Waals surface area (Å²) in [5.74, 6) is 0.0225. The van der Waals surface area contributed by atoms with Crippen molar-refractivity contribution in [3.05, 3.63) is 98.3 Å². The summed E-state index contributed by atoms with van der Waals surface area (Å²) in [6.45, 7) is 0.360. The van der Waals surface area contributed by atoms with Crippen LogP contribution in [0.2, 0.25) is 5.02 Å². The molecular formula is C24H17BrClN3O3S. The Morgan fingerprint density at radius 2 is 1.82 bits per heavy atom. The summed E-state index contributed by atoms with van der Waals surface area (Å²) < 4.78 is 6.94. The quantitative estimate of drug-likeness (QED) is 0.191. The third kappa shape index (κ3) is 6.25. The molecule has 0 spiro atoms. The van der Waals surface area contributed by atoms with Gasteiger partial charge in [-0.1, -0.05) is 57.9 Å². The lowest BCUT2D eigenvalue weighted by molar-refractivity contribution is -0.131. The first-order valence-corrected chi connectivity index (χ1v) is 11.7. The van der Waals surface area contributed by atoms with Gasteiger partial charge in [0.25, 0.3) is 0 Å². The zero-order chi connectivity index (χ0) is 23.2. The molecule has 1 aromatic heterocycles. The number of hydrogen-bond donors (Lipinski definition) is 2. The normalized spacial score (nSPS) is 11.4. The van der Waals surface area contributed by atoms with Crippen LogP contribution in [0.3, 0.4) is 0 Å². The van der Waals surface area contributed by atoms with E-state index in [0.717, 1.165) is 27.4 Å². The first-order valence-electron chi connectivity index (χ1n) is 9.75. The Balaban J connectivity index is 1.53. The Labute approximate surface area is 207 Å². The van der Waals surface area contributed by atoms with Crippen LogP contribution in [-0.2, 0) is 11.4 Å². The molecule has 0 saturated carbocycles. The molecule has 0 unspecified atom stereocenters. The smallest absolute Gasteiger partial charge is 0.342 e. The van der Waals surface area contributed by atoms with Crippen molar-refractivity contribution in [2.45, 2.75) is 11.8 Å². The molecule has 0 atom stereocenters. The molecule has 0 amide bonds. The highest BCUT2D eigenvalue weighted by molar-refractivity contribution is 9.10. The Morgan fingerprint density at radius 3 is 2.55 bits per heavy atom. The fraction of sp³-hybridized carbons (Fsp3) is 0.0417. The maximum absolute atomic E-state index is 11.9. The fourth-order valence-electron chi connectivity index (χ4n) is 2.88. The highest BCUT2D eigenvalue weighted by atomic mass is 79.9. The number of benzene rings is 3. The molecule has 0 saturated heterocycles. The highest BCUT2D eigenvalue weighted by Gasteiger charge is 2.15. The fourth-order valence-corrected chi connectivity index (χ4v) is 3.96. The number of H-pyrrole nitrogens is 1. The van der Waals surface area contributed by atoms with Gasteiger partial charge in [-0.2, -0.15) is 0 Å². The summed E-state index contributed by atoms with van der Waals surface area (Å²) >= 11 is 10.3. The van der Waals surface area contributed by atoms with Gasteiger partial charge in [-0.05, 0) is 65.9 Å². The van der Waals surface area contributed by atoms with Crippen LogP contribution >= 0.6 is 39.3 Å². The molecule has 0 aliphatic heterocycles. The van der Waals surface area contributed by atoms with E-state index in [2.05, 4.69) is 31.1 Å². The molecule has 33 heavy (non-hydrogen) atoms. The number of aromatic nitrogens is 3. The lowest BCUT2D eigenvalue weighted by Crippen LogP contribution is -1.99. The summed E-state index contributed by atoms with van der Waals surface area (Å²) in [6, 6.07) is 22.2. The van der Waals surface area contributed by atoms with Crippen molar-refractivity contribution in [1.82, 2.24) is 15.2 Å². The number of carboxylic acid groups (broad SMARTS) is 1. The molecule has 0 aliphatic carbocycles. The van der Waals surface area contributed by atoms with E-state index in [1.54, 1.807) is 30.3 Å². The van der Waals surface area contributed by atoms with Crippen LogP contribution in [0.5, 0.6) is 5.75 Å². The van der Waals surface area contributed by atoms with Crippen LogP contribution in [-0.4, -0.2) is 26.3 Å². The van der Waals surface area contributed by atoms with Crippen LogP contribution in [0.15, 0.2) is 87.3 Å². The van der Waals surface area contributed by atoms with Crippen molar-refractivity contribution in [3.63, 3.8) is 0 Å². The van der Waals surface area contributed by atoms with E-state index in [0.29, 0.717) is 33.9 Å². The second kappa shape index (κ2) is 10.7. The Morgan fingerprint density at radius 1 is 1.09 bits per heavy atom. The molecule has 0 aliphatic rings. The Hall–Kier alpha value is -3.07. The second-order valence-electron chi connectivity index (χ2n) is 6.84. The molecule has 1 heterocycles. The predicted octanol–water partition coefficient (Wildman–Crippen LogP) is 6.68. The minimum atomic E-state index is -1.08. The van der Waals surface area contributed by atoms with Crippen LogP contribution in [0.1, 0.15) is 11.1 Å². The Kier molecular flexibility index (Phi) is 7.49. The van der Waals surface area contributed by atoms with Crippen LogP contribution < -0.4 is 4.74 Å². The molecular weight excluding hydrogens is 526 g/mol. The largest absolute Gasteiger partial charge is 0.488 e. The number of rotatable bonds is 8. The minimum absolute atomic E-state index is 0.0661. The molecule has 4 rings (SSSR count). The molecule has 9 heteroatoms. The van der Waals surface area contributed by atoms with Gasteiger partial charge in [0.05, 0.1) is 0 Å². The van der Waals surface area contributed by atoms with E-state index in [1.165, 1.54) is 0 Å². The van der Waals surface area contributed by atoms with Crippen LogP contribution in [0.4, 0.5) is 0 Å². The topological polar surface area (TPSA) is 88.1 Å². The molecule has 0 fully saturated rings. The maximum atomic E-state index is 11.9. The van der Waals surface area contributed by atoms with Gasteiger partial charge in [0.1, 0.15) is 17.3 Å². The van der Waals surface area contributed by atoms with Crippen molar-refractivity contribution in [3.8, 4) is 17.1 Å². The zero-order valence-corrected chi connectivity index (χ0v) is 20.2. The van der Waals surface area contributed by atoms with E-state index in [9.17, 15) is 9.90 Å². The van der Waals surface area contributed by atoms with Gasteiger partial charge < -0.3 is 9.84 Å². The number of nitrogens with one attached hydrogen (secondary N) is 1. The average molecular weight is 543 g/mol. The molecule has 6 nitrogen and oxygen atoms in total. The van der Waals surface area contributed by atoms with Gasteiger partial charge in [0, 0.05) is 20.6 Å². The summed E-state index contributed by atoms with van der Waals surface area (Å²) in [7, 11) is 0. The van der Waals surface area contributed by atoms with Crippen molar-refractivity contribution in [1.29, 1.82) is 0 Å². The maximum Gasteiger partial charge on any atom is 0.342 e. The third-order valence-corrected chi connectivity index (χ3v) is 6.17. The average Bonchev–Trinajstić information content (AvgIpc) is 3.28. The number of hydrogen-bond acceptors (Lipinski definition) is 5. The minimum Gasteiger partial charge on any atom is -0.488 e. The van der Waals surface area contributed by atoms with Gasteiger partial charge in [-0.25, -0.2) is 9.78 Å². The lowest BCUT2D eigenvalue weighted by Gasteiger charge is -2.10. The number of ether oxygens (including phenoxy) is 1. The van der Waals surface area contributed by atoms with Crippen molar-refractivity contribution < 1.29 is 14.6 Å². The molecule has 0 radical (unpaired) electrons. The first-order chi connectivity index (χ1) is 16.0. The molecule has 166 valence electrons. The van der Waals surface area contributed by atoms with Gasteiger partial charge in [-0.15, -0.1) is 5.10 Å². The molecule has 0 bridgehead atoms. The second-order valence-corrected chi connectivity index (χ2v) is 9.20. The third-order valence-electron chi connectivity index (χ3n) is 4.51. The predicted molar refractivity (Wildman–Crippen MR) is 133 cm³/mol. The zero-order valence-electron chi connectivity index (χ0n) is 17.0. The number of thioether (sulfide) groups is 1. The number of aliphatic carboxylic acids is 1. The monoisotopic (exact) mass is 541 g/mol. The van der Waals surface area contributed by atoms with Gasteiger partial charge in [0.15, 0.2) is 5.82 Å². The number of carboxylic acids is 1. The van der Waals surface area contributed by atoms with Gasteiger partial charge >= 0.3 is 5.97 Å². The highest BCUT2D eigenvalue weighted by Crippen LogP contribution is 2.30. The first kappa shape index (κ1) is 23.1. The van der Waals surface area contributed by atoms with E-state index in [1.807, 2.05) is 48.5 Å². The Bertz CT molecular complexity index is 1290. The molecule has 3 aromatic carbocycles. The number of nitrogens with zero attached hydrogens (tertiary/aromatic N) is 2. The van der Waals surface area contributed by atoms with E-state index in [-0.39, 0.29) is 4.91 Å². The van der Waals surface area contributed by atoms with Crippen molar-refractivity contribution in [2.24, 2.45) is 0 Å². The number of para-hydroxylation sites is 1. The standard InChI is InChI=1S/C24H17BrClN3O3S/c25-18-9-5-15(6-10-18)14-32-20-4-2-1-3-17(20)13-21(23(30)31)33-24-27-22(28-29-24)16-7-11-19(26)12-8-16/h1-13H,14H2,(H,30,31)(H,27,28,29)/b21-13-. The van der Waals surface area contributed by atoms with Gasteiger partial charge in [-0.3, -0.25) is 5.10 Å². The lowest BCUT2D eigenvalue weighted by atomic mass is 10.2. The van der Waals surface area contributed by atoms with Crippen LogP contribution in [0.25, 0.3) is 17.5 Å². The number of carbonyl (C=O) groups is 1. The summed E-state index contributed by atoms with van der Waals surface area (Å²) in [6.07, 6.45) is 1.56. The molecule has 4 aromatic rings. The van der Waals surface area contributed by atoms with E-state index >= 15 is 0 Å². The summed E-state index contributed by atoms with van der Waals surface area (Å²) in [5.41, 5.74) is 2.44. The summed E-state index contributed by atoms with van der Waals surface area (Å²) in [4.78, 5) is 16.4. The van der Waals surface area contributed by atoms with E-state index < -0.39 is 5.97 Å². The SMILES string of the molecule is O=C(O)/C(=C/c1ccccc1OCc1ccc(Br)cc1)Sc1n[nH]c(-c2ccc(Cl)cc2)n1. The molecule has 2 N–H and O–H groups in total.